The van der Waals surface area contributed by atoms with Crippen LogP contribution in [0.3, 0.4) is 0 Å². The summed E-state index contributed by atoms with van der Waals surface area (Å²) in [5.74, 6) is 0.0755. The summed E-state index contributed by atoms with van der Waals surface area (Å²) in [5.41, 5.74) is 0. The summed E-state index contributed by atoms with van der Waals surface area (Å²) in [6.07, 6.45) is 7.64. The van der Waals surface area contributed by atoms with E-state index in [0.29, 0.717) is 0 Å². The van der Waals surface area contributed by atoms with Crippen LogP contribution >= 0.6 is 0 Å². The third-order valence-corrected chi connectivity index (χ3v) is 1.73. The Morgan fingerprint density at radius 2 is 1.93 bits per heavy atom. The topological polar surface area (TPSA) is 29.5 Å². The summed E-state index contributed by atoms with van der Waals surface area (Å²) in [6, 6.07) is 0. The Morgan fingerprint density at radius 3 is 2.43 bits per heavy atom. The predicted octanol–water partition coefficient (Wildman–Crippen LogP) is 3.78. The SMILES string of the molecule is CCCCCCC=C(O)OC(C)C.[Ti]. The van der Waals surface area contributed by atoms with Crippen molar-refractivity contribution in [3.8, 4) is 0 Å². The van der Waals surface area contributed by atoms with Gasteiger partial charge in [-0.25, -0.2) is 0 Å². The van der Waals surface area contributed by atoms with Crippen molar-refractivity contribution < 1.29 is 31.6 Å². The Bertz CT molecular complexity index is 144. The van der Waals surface area contributed by atoms with Crippen LogP contribution in [0.25, 0.3) is 0 Å². The average Bonchev–Trinajstić information content (AvgIpc) is 2.02. The van der Waals surface area contributed by atoms with E-state index in [0.717, 1.165) is 12.8 Å². The van der Waals surface area contributed by atoms with E-state index in [9.17, 15) is 5.11 Å². The summed E-state index contributed by atoms with van der Waals surface area (Å²) in [7, 11) is 0. The van der Waals surface area contributed by atoms with E-state index in [1.165, 1.54) is 19.3 Å². The molecule has 0 aromatic rings. The van der Waals surface area contributed by atoms with E-state index in [-0.39, 0.29) is 33.8 Å². The van der Waals surface area contributed by atoms with Gasteiger partial charge >= 0.3 is 0 Å². The Morgan fingerprint density at radius 1 is 1.29 bits per heavy atom. The van der Waals surface area contributed by atoms with Gasteiger partial charge in [-0.2, -0.15) is 0 Å². The molecule has 0 saturated carbocycles. The minimum absolute atomic E-state index is 0. The zero-order valence-corrected chi connectivity index (χ0v) is 11.1. The van der Waals surface area contributed by atoms with Crippen LogP contribution in [-0.4, -0.2) is 11.2 Å². The maximum atomic E-state index is 9.22. The van der Waals surface area contributed by atoms with E-state index in [1.54, 1.807) is 6.08 Å². The summed E-state index contributed by atoms with van der Waals surface area (Å²) in [5, 5.41) is 9.22. The maximum Gasteiger partial charge on any atom is 0.272 e. The second-order valence-corrected chi connectivity index (χ2v) is 3.56. The zero-order valence-electron chi connectivity index (χ0n) is 9.55. The molecule has 0 aromatic heterocycles. The standard InChI is InChI=1S/C11H22O2.Ti/c1-4-5-6-7-8-9-11(12)13-10(2)3;/h9-10,12H,4-8H2,1-3H3;. The van der Waals surface area contributed by atoms with Crippen LogP contribution in [0.4, 0.5) is 0 Å². The molecule has 82 valence electrons. The van der Waals surface area contributed by atoms with Gasteiger partial charge in [0.25, 0.3) is 5.95 Å². The van der Waals surface area contributed by atoms with Crippen molar-refractivity contribution in [3.63, 3.8) is 0 Å². The first-order chi connectivity index (χ1) is 6.16. The molecule has 2 nitrogen and oxygen atoms in total. The molecule has 0 unspecified atom stereocenters. The monoisotopic (exact) mass is 234 g/mol. The van der Waals surface area contributed by atoms with Gasteiger partial charge in [-0.15, -0.1) is 0 Å². The van der Waals surface area contributed by atoms with Crippen LogP contribution in [0.2, 0.25) is 0 Å². The minimum Gasteiger partial charge on any atom is -0.481 e. The van der Waals surface area contributed by atoms with Crippen LogP contribution in [0.1, 0.15) is 52.9 Å². The van der Waals surface area contributed by atoms with Gasteiger partial charge < -0.3 is 9.84 Å². The number of aliphatic hydroxyl groups is 1. The molecule has 0 aliphatic carbocycles. The molecule has 0 aromatic carbocycles. The van der Waals surface area contributed by atoms with Crippen molar-refractivity contribution >= 4 is 0 Å². The quantitative estimate of drug-likeness (QED) is 0.412. The van der Waals surface area contributed by atoms with Crippen LogP contribution in [0.5, 0.6) is 0 Å². The Labute approximate surface area is 103 Å². The molecule has 0 spiro atoms. The molecule has 14 heavy (non-hydrogen) atoms. The first kappa shape index (κ1) is 16.5. The Hall–Kier alpha value is 0.0543. The van der Waals surface area contributed by atoms with Crippen molar-refractivity contribution in [1.82, 2.24) is 0 Å². The Balaban J connectivity index is 0. The van der Waals surface area contributed by atoms with Gasteiger partial charge in [0, 0.05) is 21.7 Å². The van der Waals surface area contributed by atoms with E-state index >= 15 is 0 Å². The zero-order chi connectivity index (χ0) is 10.1. The number of hydrogen-bond donors (Lipinski definition) is 1. The third-order valence-electron chi connectivity index (χ3n) is 1.73. The average molecular weight is 234 g/mol. The molecule has 0 saturated heterocycles. The molecular weight excluding hydrogens is 212 g/mol. The second kappa shape index (κ2) is 11.1. The molecule has 0 rings (SSSR count). The Kier molecular flexibility index (Phi) is 13.1. The van der Waals surface area contributed by atoms with Gasteiger partial charge in [-0.3, -0.25) is 0 Å². The molecule has 1 N–H and O–H groups in total. The van der Waals surface area contributed by atoms with Crippen LogP contribution in [0, 0.1) is 0 Å². The van der Waals surface area contributed by atoms with Crippen molar-refractivity contribution in [2.45, 2.75) is 59.0 Å². The summed E-state index contributed by atoms with van der Waals surface area (Å²) in [4.78, 5) is 0. The van der Waals surface area contributed by atoms with Gasteiger partial charge in [0.2, 0.25) is 0 Å². The van der Waals surface area contributed by atoms with E-state index < -0.39 is 0 Å². The number of unbranched alkanes of at least 4 members (excludes halogenated alkanes) is 4. The van der Waals surface area contributed by atoms with Gasteiger partial charge in [-0.1, -0.05) is 26.2 Å². The second-order valence-electron chi connectivity index (χ2n) is 3.56. The smallest absolute Gasteiger partial charge is 0.272 e. The number of ether oxygens (including phenoxy) is 1. The fourth-order valence-electron chi connectivity index (χ4n) is 1.09. The van der Waals surface area contributed by atoms with Crippen LogP contribution < -0.4 is 0 Å². The van der Waals surface area contributed by atoms with Gasteiger partial charge in [-0.05, 0) is 32.8 Å². The number of allylic oxidation sites excluding steroid dienone is 1. The van der Waals surface area contributed by atoms with Gasteiger partial charge in [0.05, 0.1) is 6.10 Å². The van der Waals surface area contributed by atoms with Crippen molar-refractivity contribution in [1.29, 1.82) is 0 Å². The predicted molar refractivity (Wildman–Crippen MR) is 55.7 cm³/mol. The molecular formula is C11H22O2Ti. The van der Waals surface area contributed by atoms with Crippen molar-refractivity contribution in [3.05, 3.63) is 12.0 Å². The molecule has 0 atom stereocenters. The molecule has 0 amide bonds. The third kappa shape index (κ3) is 12.1. The fraction of sp³-hybridized carbons (Fsp3) is 0.818. The maximum absolute atomic E-state index is 9.22. The minimum atomic E-state index is 0. The fourth-order valence-corrected chi connectivity index (χ4v) is 1.09. The molecule has 0 radical (unpaired) electrons. The molecule has 0 aliphatic heterocycles. The first-order valence-corrected chi connectivity index (χ1v) is 5.22. The van der Waals surface area contributed by atoms with Crippen molar-refractivity contribution in [2.24, 2.45) is 0 Å². The van der Waals surface area contributed by atoms with Gasteiger partial charge in [0.1, 0.15) is 0 Å². The van der Waals surface area contributed by atoms with Crippen molar-refractivity contribution in [2.75, 3.05) is 0 Å². The molecule has 0 bridgehead atoms. The van der Waals surface area contributed by atoms with E-state index in [1.807, 2.05) is 13.8 Å². The molecule has 0 aliphatic rings. The number of rotatable bonds is 7. The van der Waals surface area contributed by atoms with E-state index in [2.05, 4.69) is 6.92 Å². The first-order valence-electron chi connectivity index (χ1n) is 5.22. The normalized spacial score (nSPS) is 11.3. The number of aliphatic hydroxyl groups excluding tert-OH is 1. The summed E-state index contributed by atoms with van der Waals surface area (Å²) < 4.78 is 5.07. The van der Waals surface area contributed by atoms with Crippen LogP contribution in [-0.2, 0) is 26.5 Å². The summed E-state index contributed by atoms with van der Waals surface area (Å²) in [6.45, 7) is 6.00. The van der Waals surface area contributed by atoms with Gasteiger partial charge in [0.15, 0.2) is 0 Å². The number of hydrogen-bond acceptors (Lipinski definition) is 2. The summed E-state index contributed by atoms with van der Waals surface area (Å²) >= 11 is 0. The molecule has 0 fully saturated rings. The van der Waals surface area contributed by atoms with Crippen LogP contribution in [0.15, 0.2) is 12.0 Å². The van der Waals surface area contributed by atoms with E-state index in [4.69, 9.17) is 4.74 Å². The molecule has 0 heterocycles. The largest absolute Gasteiger partial charge is 0.481 e. The molecule has 3 heteroatoms.